The Balaban J connectivity index is 2.15. The van der Waals surface area contributed by atoms with Crippen molar-refractivity contribution in [1.82, 2.24) is 9.78 Å². The molecule has 0 unspecified atom stereocenters. The first-order valence-corrected chi connectivity index (χ1v) is 6.28. The van der Waals surface area contributed by atoms with Gasteiger partial charge in [0, 0.05) is 12.1 Å². The Kier molecular flexibility index (Phi) is 4.02. The molecular weight excluding hydrogens is 261 g/mol. The number of nitrogens with zero attached hydrogens (tertiary/aromatic N) is 2. The molecular formula is C14H16FN3O2. The highest BCUT2D eigenvalue weighted by Gasteiger charge is 2.20. The molecule has 0 spiro atoms. The van der Waals surface area contributed by atoms with Gasteiger partial charge in [0.1, 0.15) is 12.4 Å². The number of carbonyl (C=O) groups excluding carboxylic acids is 1. The second-order valence-electron chi connectivity index (χ2n) is 4.33. The molecule has 0 radical (unpaired) electrons. The Hall–Kier alpha value is -2.37. The van der Waals surface area contributed by atoms with Crippen LogP contribution in [0.4, 0.5) is 10.1 Å². The van der Waals surface area contributed by atoms with Crippen LogP contribution < -0.4 is 5.73 Å². The number of hydrogen-bond donors (Lipinski definition) is 1. The zero-order valence-corrected chi connectivity index (χ0v) is 11.4. The number of carbonyl (C=O) groups is 1. The van der Waals surface area contributed by atoms with Crippen molar-refractivity contribution in [1.29, 1.82) is 0 Å². The zero-order valence-electron chi connectivity index (χ0n) is 11.4. The maximum absolute atomic E-state index is 13.4. The van der Waals surface area contributed by atoms with Gasteiger partial charge in [-0.05, 0) is 19.9 Å². The number of esters is 1. The molecule has 0 aliphatic rings. The molecule has 2 N–H and O–H groups in total. The van der Waals surface area contributed by atoms with Gasteiger partial charge in [0.2, 0.25) is 0 Å². The molecule has 2 rings (SSSR count). The molecule has 0 aliphatic carbocycles. The number of halogens is 1. The van der Waals surface area contributed by atoms with E-state index in [1.54, 1.807) is 25.1 Å². The van der Waals surface area contributed by atoms with Crippen molar-refractivity contribution in [2.45, 2.75) is 27.0 Å². The Bertz CT molecular complexity index is 637. The summed E-state index contributed by atoms with van der Waals surface area (Å²) in [4.78, 5) is 12.1. The first kappa shape index (κ1) is 14.0. The topological polar surface area (TPSA) is 70.1 Å². The lowest BCUT2D eigenvalue weighted by Gasteiger charge is -2.07. The first-order valence-electron chi connectivity index (χ1n) is 6.28. The quantitative estimate of drug-likeness (QED) is 0.870. The number of nitrogens with two attached hydrogens (primary N) is 1. The number of nitrogen functional groups attached to an aromatic ring is 1. The van der Waals surface area contributed by atoms with E-state index in [0.29, 0.717) is 23.5 Å². The van der Waals surface area contributed by atoms with Crippen LogP contribution in [0.25, 0.3) is 0 Å². The SMILES string of the molecule is CCn1nc(C)c(N)c1C(=O)OCc1ccccc1F. The lowest BCUT2D eigenvalue weighted by Crippen LogP contribution is -2.14. The van der Waals surface area contributed by atoms with E-state index in [9.17, 15) is 9.18 Å². The normalized spacial score (nSPS) is 10.6. The predicted octanol–water partition coefficient (Wildman–Crippen LogP) is 2.29. The molecule has 1 aromatic carbocycles. The Morgan fingerprint density at radius 1 is 1.45 bits per heavy atom. The van der Waals surface area contributed by atoms with E-state index in [2.05, 4.69) is 5.10 Å². The van der Waals surface area contributed by atoms with Gasteiger partial charge in [-0.15, -0.1) is 0 Å². The average Bonchev–Trinajstić information content (AvgIpc) is 2.73. The Labute approximate surface area is 116 Å². The summed E-state index contributed by atoms with van der Waals surface area (Å²) in [6, 6.07) is 6.14. The number of aryl methyl sites for hydroxylation is 2. The van der Waals surface area contributed by atoms with Crippen LogP contribution in [0.1, 0.15) is 28.7 Å². The standard InChI is InChI=1S/C14H16FN3O2/c1-3-18-13(12(16)9(2)17-18)14(19)20-8-10-6-4-5-7-11(10)15/h4-7H,3,8,16H2,1-2H3. The molecule has 0 atom stereocenters. The molecule has 0 aliphatic heterocycles. The third-order valence-electron chi connectivity index (χ3n) is 2.98. The van der Waals surface area contributed by atoms with Gasteiger partial charge >= 0.3 is 5.97 Å². The second kappa shape index (κ2) is 5.73. The largest absolute Gasteiger partial charge is 0.456 e. The lowest BCUT2D eigenvalue weighted by atomic mass is 10.2. The fraction of sp³-hybridized carbons (Fsp3) is 0.286. The van der Waals surface area contributed by atoms with Crippen LogP contribution in [0.5, 0.6) is 0 Å². The van der Waals surface area contributed by atoms with Crippen LogP contribution in [0.2, 0.25) is 0 Å². The molecule has 0 saturated heterocycles. The van der Waals surface area contributed by atoms with Gasteiger partial charge in [0.15, 0.2) is 5.69 Å². The maximum atomic E-state index is 13.4. The van der Waals surface area contributed by atoms with Crippen molar-refractivity contribution in [3.8, 4) is 0 Å². The maximum Gasteiger partial charge on any atom is 0.359 e. The van der Waals surface area contributed by atoms with Crippen molar-refractivity contribution in [2.24, 2.45) is 0 Å². The first-order chi connectivity index (χ1) is 9.54. The van der Waals surface area contributed by atoms with Gasteiger partial charge < -0.3 is 10.5 Å². The summed E-state index contributed by atoms with van der Waals surface area (Å²) in [5, 5.41) is 4.14. The van der Waals surface area contributed by atoms with Crippen molar-refractivity contribution in [2.75, 3.05) is 5.73 Å². The van der Waals surface area contributed by atoms with Crippen LogP contribution in [-0.2, 0) is 17.9 Å². The van der Waals surface area contributed by atoms with E-state index < -0.39 is 11.8 Å². The van der Waals surface area contributed by atoms with Crippen LogP contribution in [0, 0.1) is 12.7 Å². The minimum Gasteiger partial charge on any atom is -0.456 e. The fourth-order valence-electron chi connectivity index (χ4n) is 1.87. The van der Waals surface area contributed by atoms with Gasteiger partial charge in [-0.2, -0.15) is 5.10 Å². The third-order valence-corrected chi connectivity index (χ3v) is 2.98. The van der Waals surface area contributed by atoms with Crippen molar-refractivity contribution < 1.29 is 13.9 Å². The summed E-state index contributed by atoms with van der Waals surface area (Å²) in [6.45, 7) is 3.93. The number of aromatic nitrogens is 2. The van der Waals surface area contributed by atoms with Gasteiger partial charge in [0.05, 0.1) is 11.4 Å². The average molecular weight is 277 g/mol. The van der Waals surface area contributed by atoms with Gasteiger partial charge in [-0.25, -0.2) is 9.18 Å². The van der Waals surface area contributed by atoms with E-state index in [-0.39, 0.29) is 12.3 Å². The van der Waals surface area contributed by atoms with Crippen molar-refractivity contribution in [3.05, 3.63) is 47.0 Å². The molecule has 0 amide bonds. The van der Waals surface area contributed by atoms with Crippen LogP contribution in [0.3, 0.4) is 0 Å². The zero-order chi connectivity index (χ0) is 14.7. The van der Waals surface area contributed by atoms with Crippen LogP contribution in [-0.4, -0.2) is 15.7 Å². The fourth-order valence-corrected chi connectivity index (χ4v) is 1.87. The van der Waals surface area contributed by atoms with Crippen molar-refractivity contribution in [3.63, 3.8) is 0 Å². The molecule has 2 aromatic rings. The van der Waals surface area contributed by atoms with Crippen molar-refractivity contribution >= 4 is 11.7 Å². The van der Waals surface area contributed by atoms with Gasteiger partial charge in [-0.1, -0.05) is 18.2 Å². The number of ether oxygens (including phenoxy) is 1. The summed E-state index contributed by atoms with van der Waals surface area (Å²) in [5.41, 5.74) is 7.22. The summed E-state index contributed by atoms with van der Waals surface area (Å²) in [5.74, 6) is -1.01. The Morgan fingerprint density at radius 2 is 2.15 bits per heavy atom. The van der Waals surface area contributed by atoms with Gasteiger partial charge in [-0.3, -0.25) is 4.68 Å². The van der Waals surface area contributed by atoms with E-state index in [0.717, 1.165) is 0 Å². The van der Waals surface area contributed by atoms with E-state index in [1.165, 1.54) is 10.7 Å². The highest BCUT2D eigenvalue weighted by molar-refractivity contribution is 5.93. The summed E-state index contributed by atoms with van der Waals surface area (Å²) in [7, 11) is 0. The minimum atomic E-state index is -0.604. The number of anilines is 1. The lowest BCUT2D eigenvalue weighted by molar-refractivity contribution is 0.0456. The highest BCUT2D eigenvalue weighted by atomic mass is 19.1. The molecule has 106 valence electrons. The highest BCUT2D eigenvalue weighted by Crippen LogP contribution is 2.18. The molecule has 1 heterocycles. The minimum absolute atomic E-state index is 0.140. The molecule has 0 bridgehead atoms. The van der Waals surface area contributed by atoms with Crippen LogP contribution >= 0.6 is 0 Å². The van der Waals surface area contributed by atoms with Gasteiger partial charge in [0.25, 0.3) is 0 Å². The summed E-state index contributed by atoms with van der Waals surface area (Å²) in [6.07, 6.45) is 0. The van der Waals surface area contributed by atoms with Crippen LogP contribution in [0.15, 0.2) is 24.3 Å². The molecule has 20 heavy (non-hydrogen) atoms. The monoisotopic (exact) mass is 277 g/mol. The number of rotatable bonds is 4. The Morgan fingerprint density at radius 3 is 2.80 bits per heavy atom. The molecule has 5 nitrogen and oxygen atoms in total. The molecule has 1 aromatic heterocycles. The van der Waals surface area contributed by atoms with E-state index in [4.69, 9.17) is 10.5 Å². The second-order valence-corrected chi connectivity index (χ2v) is 4.33. The predicted molar refractivity (Wildman–Crippen MR) is 72.6 cm³/mol. The summed E-state index contributed by atoms with van der Waals surface area (Å²) < 4.78 is 20.0. The molecule has 0 fully saturated rings. The van der Waals surface area contributed by atoms with E-state index >= 15 is 0 Å². The molecule has 0 saturated carbocycles. The number of benzene rings is 1. The summed E-state index contributed by atoms with van der Waals surface area (Å²) >= 11 is 0. The smallest absolute Gasteiger partial charge is 0.359 e. The third kappa shape index (κ3) is 2.64. The molecule has 6 heteroatoms. The number of hydrogen-bond acceptors (Lipinski definition) is 4. The van der Waals surface area contributed by atoms with E-state index in [1.807, 2.05) is 6.92 Å².